The standard InChI is InChI=1S/C15H18BrN3/c16-14-5-1-4-13-12(14)7-10-19-15(13)18-9-6-11-3-2-8-17-11/h1,4-5,7,10-11,17H,2-3,6,8-9H2,(H,18,19)/t11-/m1/s1. The van der Waals surface area contributed by atoms with Gasteiger partial charge in [0.05, 0.1) is 0 Å². The lowest BCUT2D eigenvalue weighted by Crippen LogP contribution is -2.24. The van der Waals surface area contributed by atoms with E-state index in [0.717, 1.165) is 23.3 Å². The van der Waals surface area contributed by atoms with Crippen LogP contribution in [0, 0.1) is 0 Å². The fourth-order valence-electron chi connectivity index (χ4n) is 2.68. The second-order valence-electron chi connectivity index (χ2n) is 5.00. The quantitative estimate of drug-likeness (QED) is 0.904. The average Bonchev–Trinajstić information content (AvgIpc) is 2.93. The van der Waals surface area contributed by atoms with Crippen molar-refractivity contribution in [3.05, 3.63) is 34.9 Å². The number of halogens is 1. The molecule has 0 saturated carbocycles. The van der Waals surface area contributed by atoms with E-state index < -0.39 is 0 Å². The van der Waals surface area contributed by atoms with Crippen molar-refractivity contribution >= 4 is 32.5 Å². The maximum atomic E-state index is 4.46. The maximum Gasteiger partial charge on any atom is 0.133 e. The third-order valence-corrected chi connectivity index (χ3v) is 4.39. The highest BCUT2D eigenvalue weighted by Crippen LogP contribution is 2.27. The van der Waals surface area contributed by atoms with E-state index in [0.29, 0.717) is 6.04 Å². The summed E-state index contributed by atoms with van der Waals surface area (Å²) in [4.78, 5) is 4.46. The van der Waals surface area contributed by atoms with Crippen LogP contribution >= 0.6 is 15.9 Å². The highest BCUT2D eigenvalue weighted by Gasteiger charge is 2.13. The van der Waals surface area contributed by atoms with Crippen molar-refractivity contribution in [1.82, 2.24) is 10.3 Å². The zero-order chi connectivity index (χ0) is 13.1. The lowest BCUT2D eigenvalue weighted by molar-refractivity contribution is 0.574. The maximum absolute atomic E-state index is 4.46. The molecule has 100 valence electrons. The van der Waals surface area contributed by atoms with E-state index in [1.165, 1.54) is 30.2 Å². The molecule has 2 heterocycles. The minimum Gasteiger partial charge on any atom is -0.370 e. The molecule has 1 aliphatic heterocycles. The van der Waals surface area contributed by atoms with Gasteiger partial charge in [0.25, 0.3) is 0 Å². The van der Waals surface area contributed by atoms with Gasteiger partial charge in [0.1, 0.15) is 5.82 Å². The van der Waals surface area contributed by atoms with Crippen LogP contribution in [0.5, 0.6) is 0 Å². The normalized spacial score (nSPS) is 18.9. The summed E-state index contributed by atoms with van der Waals surface area (Å²) >= 11 is 3.59. The first-order chi connectivity index (χ1) is 9.34. The van der Waals surface area contributed by atoms with E-state index in [-0.39, 0.29) is 0 Å². The largest absolute Gasteiger partial charge is 0.370 e. The fraction of sp³-hybridized carbons (Fsp3) is 0.400. The van der Waals surface area contributed by atoms with Crippen molar-refractivity contribution in [3.63, 3.8) is 0 Å². The molecule has 4 heteroatoms. The fourth-order valence-corrected chi connectivity index (χ4v) is 3.18. The first-order valence-corrected chi connectivity index (χ1v) is 7.64. The SMILES string of the molecule is Brc1cccc2c(NCC[C@H]3CCCN3)nccc12. The number of rotatable bonds is 4. The number of hydrogen-bond acceptors (Lipinski definition) is 3. The third-order valence-electron chi connectivity index (χ3n) is 3.70. The predicted molar refractivity (Wildman–Crippen MR) is 83.6 cm³/mol. The highest BCUT2D eigenvalue weighted by atomic mass is 79.9. The molecule has 0 unspecified atom stereocenters. The molecule has 1 aromatic carbocycles. The van der Waals surface area contributed by atoms with Crippen molar-refractivity contribution in [2.45, 2.75) is 25.3 Å². The van der Waals surface area contributed by atoms with Gasteiger partial charge in [-0.25, -0.2) is 4.98 Å². The van der Waals surface area contributed by atoms with Crippen LogP contribution in [0.3, 0.4) is 0 Å². The van der Waals surface area contributed by atoms with Gasteiger partial charge in [-0.2, -0.15) is 0 Å². The van der Waals surface area contributed by atoms with Crippen molar-refractivity contribution in [3.8, 4) is 0 Å². The Kier molecular flexibility index (Phi) is 3.99. The molecule has 0 radical (unpaired) electrons. The van der Waals surface area contributed by atoms with E-state index in [4.69, 9.17) is 0 Å². The number of anilines is 1. The zero-order valence-corrected chi connectivity index (χ0v) is 12.4. The lowest BCUT2D eigenvalue weighted by Gasteiger charge is -2.12. The molecule has 1 saturated heterocycles. The first kappa shape index (κ1) is 12.9. The molecule has 0 amide bonds. The van der Waals surface area contributed by atoms with Gasteiger partial charge in [-0.1, -0.05) is 28.1 Å². The minimum absolute atomic E-state index is 0.675. The van der Waals surface area contributed by atoms with Crippen molar-refractivity contribution in [1.29, 1.82) is 0 Å². The van der Waals surface area contributed by atoms with Gasteiger partial charge in [-0.15, -0.1) is 0 Å². The highest BCUT2D eigenvalue weighted by molar-refractivity contribution is 9.10. The van der Waals surface area contributed by atoms with Gasteiger partial charge in [0.15, 0.2) is 0 Å². The topological polar surface area (TPSA) is 37.0 Å². The summed E-state index contributed by atoms with van der Waals surface area (Å²) in [6.07, 6.45) is 5.63. The van der Waals surface area contributed by atoms with E-state index in [1.807, 2.05) is 12.3 Å². The Labute approximate surface area is 121 Å². The van der Waals surface area contributed by atoms with E-state index >= 15 is 0 Å². The molecular weight excluding hydrogens is 302 g/mol. The Hall–Kier alpha value is -1.13. The Morgan fingerprint density at radius 3 is 3.11 bits per heavy atom. The van der Waals surface area contributed by atoms with Crippen LogP contribution in [-0.2, 0) is 0 Å². The Morgan fingerprint density at radius 1 is 1.32 bits per heavy atom. The van der Waals surface area contributed by atoms with Crippen LogP contribution in [0.25, 0.3) is 10.8 Å². The molecule has 0 bridgehead atoms. The number of hydrogen-bond donors (Lipinski definition) is 2. The summed E-state index contributed by atoms with van der Waals surface area (Å²) < 4.78 is 1.12. The van der Waals surface area contributed by atoms with Gasteiger partial charge in [0, 0.05) is 34.0 Å². The average molecular weight is 320 g/mol. The van der Waals surface area contributed by atoms with Gasteiger partial charge in [-0.05, 0) is 37.9 Å². The van der Waals surface area contributed by atoms with E-state index in [2.05, 4.69) is 49.7 Å². The van der Waals surface area contributed by atoms with Crippen molar-refractivity contribution in [2.75, 3.05) is 18.4 Å². The second kappa shape index (κ2) is 5.88. The Balaban J connectivity index is 1.72. The monoisotopic (exact) mass is 319 g/mol. The summed E-state index contributed by atoms with van der Waals surface area (Å²) in [7, 11) is 0. The van der Waals surface area contributed by atoms with Gasteiger partial charge >= 0.3 is 0 Å². The molecule has 2 N–H and O–H groups in total. The van der Waals surface area contributed by atoms with E-state index in [1.54, 1.807) is 0 Å². The smallest absolute Gasteiger partial charge is 0.133 e. The molecule has 3 nitrogen and oxygen atoms in total. The predicted octanol–water partition coefficient (Wildman–Crippen LogP) is 3.55. The molecule has 19 heavy (non-hydrogen) atoms. The zero-order valence-electron chi connectivity index (χ0n) is 10.8. The lowest BCUT2D eigenvalue weighted by atomic mass is 10.1. The summed E-state index contributed by atoms with van der Waals surface area (Å²) in [5.41, 5.74) is 0. The van der Waals surface area contributed by atoms with Crippen molar-refractivity contribution in [2.24, 2.45) is 0 Å². The van der Waals surface area contributed by atoms with E-state index in [9.17, 15) is 0 Å². The second-order valence-corrected chi connectivity index (χ2v) is 5.86. The molecular formula is C15H18BrN3. The van der Waals surface area contributed by atoms with Gasteiger partial charge in [-0.3, -0.25) is 0 Å². The number of nitrogens with one attached hydrogen (secondary N) is 2. The molecule has 1 aromatic heterocycles. The number of benzene rings is 1. The molecule has 0 aliphatic carbocycles. The van der Waals surface area contributed by atoms with Crippen molar-refractivity contribution < 1.29 is 0 Å². The molecule has 1 aliphatic rings. The van der Waals surface area contributed by atoms with Gasteiger partial charge < -0.3 is 10.6 Å². The number of nitrogens with zero attached hydrogens (tertiary/aromatic N) is 1. The number of pyridine rings is 1. The van der Waals surface area contributed by atoms with Crippen LogP contribution in [-0.4, -0.2) is 24.1 Å². The summed E-state index contributed by atoms with van der Waals surface area (Å²) in [5, 5.41) is 9.38. The minimum atomic E-state index is 0.675. The summed E-state index contributed by atoms with van der Waals surface area (Å²) in [6, 6.07) is 8.95. The summed E-state index contributed by atoms with van der Waals surface area (Å²) in [6.45, 7) is 2.14. The first-order valence-electron chi connectivity index (χ1n) is 6.85. The molecule has 2 aromatic rings. The van der Waals surface area contributed by atoms with Crippen LogP contribution in [0.2, 0.25) is 0 Å². The molecule has 3 rings (SSSR count). The third kappa shape index (κ3) is 2.90. The van der Waals surface area contributed by atoms with Crippen LogP contribution in [0.15, 0.2) is 34.9 Å². The Morgan fingerprint density at radius 2 is 2.26 bits per heavy atom. The Bertz CT molecular complexity index is 564. The number of fused-ring (bicyclic) bond motifs is 1. The molecule has 0 spiro atoms. The number of aromatic nitrogens is 1. The van der Waals surface area contributed by atoms with Crippen LogP contribution in [0.4, 0.5) is 5.82 Å². The van der Waals surface area contributed by atoms with Crippen LogP contribution < -0.4 is 10.6 Å². The molecule has 1 fully saturated rings. The van der Waals surface area contributed by atoms with Gasteiger partial charge in [0.2, 0.25) is 0 Å². The van der Waals surface area contributed by atoms with Crippen LogP contribution in [0.1, 0.15) is 19.3 Å². The molecule has 1 atom stereocenters. The summed E-state index contributed by atoms with van der Waals surface area (Å²) in [5.74, 6) is 0.983.